The monoisotopic (exact) mass is 344 g/mol. The number of rotatable bonds is 8. The van der Waals surface area contributed by atoms with Gasteiger partial charge in [-0.05, 0) is 48.2 Å². The molecule has 0 bridgehead atoms. The highest BCUT2D eigenvalue weighted by Gasteiger charge is 2.16. The van der Waals surface area contributed by atoms with E-state index in [9.17, 15) is 4.79 Å². The fourth-order valence-electron chi connectivity index (χ4n) is 2.32. The third kappa shape index (κ3) is 5.65. The molecule has 2 rings (SSSR count). The molecule has 1 aromatic carbocycles. The summed E-state index contributed by atoms with van der Waals surface area (Å²) in [5.41, 5.74) is 1.82. The first-order valence-corrected chi connectivity index (χ1v) is 9.12. The van der Waals surface area contributed by atoms with Crippen molar-refractivity contribution in [3.63, 3.8) is 0 Å². The van der Waals surface area contributed by atoms with E-state index in [1.54, 1.807) is 18.0 Å². The fourth-order valence-corrected chi connectivity index (χ4v) is 3.15. The van der Waals surface area contributed by atoms with Crippen molar-refractivity contribution >= 4 is 17.7 Å². The van der Waals surface area contributed by atoms with E-state index < -0.39 is 0 Å². The molecule has 0 radical (unpaired) electrons. The molecule has 5 heteroatoms. The van der Waals surface area contributed by atoms with Gasteiger partial charge in [0, 0.05) is 41.3 Å². The number of hydrogen-bond donors (Lipinski definition) is 2. The zero-order chi connectivity index (χ0) is 17.4. The number of pyridine rings is 1. The minimum absolute atomic E-state index is 0.0119. The summed E-state index contributed by atoms with van der Waals surface area (Å²) in [5, 5.41) is 12.1. The molecule has 0 aliphatic carbocycles. The summed E-state index contributed by atoms with van der Waals surface area (Å²) in [4.78, 5) is 17.5. The van der Waals surface area contributed by atoms with Crippen LogP contribution in [-0.4, -0.2) is 28.6 Å². The highest BCUT2D eigenvalue weighted by molar-refractivity contribution is 7.98. The molecule has 0 aliphatic rings. The zero-order valence-corrected chi connectivity index (χ0v) is 14.9. The van der Waals surface area contributed by atoms with Gasteiger partial charge in [0.15, 0.2) is 0 Å². The fraction of sp³-hybridized carbons (Fsp3) is 0.368. The van der Waals surface area contributed by atoms with Gasteiger partial charge in [-0.15, -0.1) is 11.8 Å². The lowest BCUT2D eigenvalue weighted by molar-refractivity contribution is 0.0916. The van der Waals surface area contributed by atoms with Gasteiger partial charge in [0.2, 0.25) is 0 Å². The SMILES string of the molecule is CC(C)C(CCO)NC(=O)c1ccc(SCc2cccnc2)cc1. The van der Waals surface area contributed by atoms with Crippen molar-refractivity contribution in [2.45, 2.75) is 37.0 Å². The van der Waals surface area contributed by atoms with Crippen molar-refractivity contribution in [2.24, 2.45) is 5.92 Å². The van der Waals surface area contributed by atoms with Crippen molar-refractivity contribution in [1.82, 2.24) is 10.3 Å². The molecule has 1 amide bonds. The number of aliphatic hydroxyl groups excluding tert-OH is 1. The molecular weight excluding hydrogens is 320 g/mol. The first-order chi connectivity index (χ1) is 11.6. The van der Waals surface area contributed by atoms with Crippen molar-refractivity contribution < 1.29 is 9.90 Å². The molecule has 128 valence electrons. The predicted octanol–water partition coefficient (Wildman–Crippen LogP) is 3.51. The molecule has 1 heterocycles. The zero-order valence-electron chi connectivity index (χ0n) is 14.1. The van der Waals surface area contributed by atoms with E-state index in [4.69, 9.17) is 5.11 Å². The second kappa shape index (κ2) is 9.45. The molecule has 0 saturated carbocycles. The Morgan fingerprint density at radius 1 is 1.25 bits per heavy atom. The molecule has 1 atom stereocenters. The molecule has 1 unspecified atom stereocenters. The average molecular weight is 344 g/mol. The summed E-state index contributed by atoms with van der Waals surface area (Å²) in [5.74, 6) is 1.05. The molecule has 1 aromatic heterocycles. The smallest absolute Gasteiger partial charge is 0.251 e. The van der Waals surface area contributed by atoms with E-state index >= 15 is 0 Å². The first kappa shape index (κ1) is 18.5. The van der Waals surface area contributed by atoms with Crippen LogP contribution in [0.3, 0.4) is 0 Å². The van der Waals surface area contributed by atoms with Crippen molar-refractivity contribution in [2.75, 3.05) is 6.61 Å². The molecule has 0 aliphatic heterocycles. The van der Waals surface area contributed by atoms with Crippen LogP contribution >= 0.6 is 11.8 Å². The van der Waals surface area contributed by atoms with Gasteiger partial charge in [0.05, 0.1) is 0 Å². The molecule has 0 fully saturated rings. The number of hydrogen-bond acceptors (Lipinski definition) is 4. The molecule has 24 heavy (non-hydrogen) atoms. The van der Waals surface area contributed by atoms with E-state index in [-0.39, 0.29) is 24.5 Å². The van der Waals surface area contributed by atoms with Crippen molar-refractivity contribution in [3.8, 4) is 0 Å². The number of nitrogens with one attached hydrogen (secondary N) is 1. The number of aliphatic hydroxyl groups is 1. The molecular formula is C19H24N2O2S. The van der Waals surface area contributed by atoms with Crippen molar-refractivity contribution in [1.29, 1.82) is 0 Å². The Morgan fingerprint density at radius 2 is 2.00 bits per heavy atom. The Labute approximate surface area is 147 Å². The van der Waals surface area contributed by atoms with E-state index in [2.05, 4.69) is 16.4 Å². The number of thioether (sulfide) groups is 1. The van der Waals surface area contributed by atoms with E-state index in [1.165, 1.54) is 5.56 Å². The van der Waals surface area contributed by atoms with Gasteiger partial charge in [-0.25, -0.2) is 0 Å². The van der Waals surface area contributed by atoms with Gasteiger partial charge < -0.3 is 10.4 Å². The van der Waals surface area contributed by atoms with Crippen LogP contribution in [0, 0.1) is 5.92 Å². The van der Waals surface area contributed by atoms with Crippen LogP contribution in [0.1, 0.15) is 36.2 Å². The Bertz CT molecular complexity index is 630. The maximum atomic E-state index is 12.3. The van der Waals surface area contributed by atoms with Gasteiger partial charge in [0.25, 0.3) is 5.91 Å². The number of nitrogens with zero attached hydrogens (tertiary/aromatic N) is 1. The quantitative estimate of drug-likeness (QED) is 0.719. The molecule has 4 nitrogen and oxygen atoms in total. The molecule has 0 spiro atoms. The number of amides is 1. The second-order valence-electron chi connectivity index (χ2n) is 6.01. The van der Waals surface area contributed by atoms with Crippen LogP contribution in [0.4, 0.5) is 0 Å². The lowest BCUT2D eigenvalue weighted by atomic mass is 10.0. The predicted molar refractivity (Wildman–Crippen MR) is 98.0 cm³/mol. The van der Waals surface area contributed by atoms with Crippen LogP contribution in [0.15, 0.2) is 53.7 Å². The maximum Gasteiger partial charge on any atom is 0.251 e. The van der Waals surface area contributed by atoms with E-state index in [0.29, 0.717) is 12.0 Å². The summed E-state index contributed by atoms with van der Waals surface area (Å²) in [6.07, 6.45) is 4.20. The summed E-state index contributed by atoms with van der Waals surface area (Å²) < 4.78 is 0. The van der Waals surface area contributed by atoms with Crippen LogP contribution in [-0.2, 0) is 5.75 Å². The highest BCUT2D eigenvalue weighted by Crippen LogP contribution is 2.22. The van der Waals surface area contributed by atoms with Gasteiger partial charge in [0.1, 0.15) is 0 Å². The van der Waals surface area contributed by atoms with Gasteiger partial charge in [-0.2, -0.15) is 0 Å². The third-order valence-corrected chi connectivity index (χ3v) is 4.89. The van der Waals surface area contributed by atoms with Crippen LogP contribution in [0.2, 0.25) is 0 Å². The van der Waals surface area contributed by atoms with E-state index in [0.717, 1.165) is 10.6 Å². The largest absolute Gasteiger partial charge is 0.396 e. The average Bonchev–Trinajstić information content (AvgIpc) is 2.60. The lowest BCUT2D eigenvalue weighted by Crippen LogP contribution is -2.39. The number of aromatic nitrogens is 1. The van der Waals surface area contributed by atoms with Crippen LogP contribution < -0.4 is 5.32 Å². The molecule has 2 N–H and O–H groups in total. The highest BCUT2D eigenvalue weighted by atomic mass is 32.2. The number of carbonyl (C=O) groups is 1. The Balaban J connectivity index is 1.92. The van der Waals surface area contributed by atoms with Gasteiger partial charge in [-0.3, -0.25) is 9.78 Å². The normalized spacial score (nSPS) is 12.2. The first-order valence-electron chi connectivity index (χ1n) is 8.13. The van der Waals surface area contributed by atoms with Crippen LogP contribution in [0.5, 0.6) is 0 Å². The minimum Gasteiger partial charge on any atom is -0.396 e. The Morgan fingerprint density at radius 3 is 2.58 bits per heavy atom. The standard InChI is InChI=1S/C19H24N2O2S/c1-14(2)18(9-11-22)21-19(23)16-5-7-17(8-6-16)24-13-15-4-3-10-20-12-15/h3-8,10,12,14,18,22H,9,11,13H2,1-2H3,(H,21,23). The Kier molecular flexibility index (Phi) is 7.28. The summed E-state index contributed by atoms with van der Waals surface area (Å²) in [7, 11) is 0. The number of benzene rings is 1. The summed E-state index contributed by atoms with van der Waals surface area (Å²) >= 11 is 1.72. The van der Waals surface area contributed by atoms with Crippen molar-refractivity contribution in [3.05, 3.63) is 59.9 Å². The lowest BCUT2D eigenvalue weighted by Gasteiger charge is -2.21. The van der Waals surface area contributed by atoms with E-state index in [1.807, 2.05) is 50.4 Å². The van der Waals surface area contributed by atoms with Crippen LogP contribution in [0.25, 0.3) is 0 Å². The summed E-state index contributed by atoms with van der Waals surface area (Å²) in [6.45, 7) is 4.16. The third-order valence-electron chi connectivity index (χ3n) is 3.81. The molecule has 0 saturated heterocycles. The summed E-state index contributed by atoms with van der Waals surface area (Å²) in [6, 6.07) is 11.6. The molecule has 2 aromatic rings. The topological polar surface area (TPSA) is 62.2 Å². The second-order valence-corrected chi connectivity index (χ2v) is 7.06. The maximum absolute atomic E-state index is 12.3. The minimum atomic E-state index is -0.0917. The number of carbonyl (C=O) groups excluding carboxylic acids is 1. The van der Waals surface area contributed by atoms with Gasteiger partial charge >= 0.3 is 0 Å². The Hall–Kier alpha value is -1.85. The van der Waals surface area contributed by atoms with Gasteiger partial charge in [-0.1, -0.05) is 19.9 Å².